The first-order valence-corrected chi connectivity index (χ1v) is 7.80. The van der Waals surface area contributed by atoms with Gasteiger partial charge in [0.1, 0.15) is 0 Å². The van der Waals surface area contributed by atoms with Crippen LogP contribution in [0.25, 0.3) is 0 Å². The Morgan fingerprint density at radius 1 is 1.43 bits per heavy atom. The van der Waals surface area contributed by atoms with Crippen molar-refractivity contribution in [2.24, 2.45) is 5.92 Å². The van der Waals surface area contributed by atoms with Gasteiger partial charge in [-0.15, -0.1) is 6.58 Å². The summed E-state index contributed by atoms with van der Waals surface area (Å²) in [5.74, 6) is 0.632. The van der Waals surface area contributed by atoms with Gasteiger partial charge in [0.15, 0.2) is 0 Å². The molecular weight excluding hydrogens is 262 g/mol. The number of likely N-dealkylation sites (tertiary alicyclic amines) is 1. The van der Waals surface area contributed by atoms with Crippen molar-refractivity contribution in [3.8, 4) is 0 Å². The van der Waals surface area contributed by atoms with E-state index < -0.39 is 0 Å². The number of nitrogens with zero attached hydrogens (tertiary/aromatic N) is 1. The Balaban J connectivity index is 2.34. The molecule has 3 nitrogen and oxygen atoms in total. The fourth-order valence-corrected chi connectivity index (χ4v) is 3.43. The quantitative estimate of drug-likeness (QED) is 0.815. The maximum atomic E-state index is 12.5. The summed E-state index contributed by atoms with van der Waals surface area (Å²) >= 11 is 0. The molecule has 1 aliphatic rings. The first-order chi connectivity index (χ1) is 10.2. The molecule has 0 aromatic heterocycles. The summed E-state index contributed by atoms with van der Waals surface area (Å²) in [6.45, 7) is 5.97. The highest BCUT2D eigenvalue weighted by molar-refractivity contribution is 5.78. The van der Waals surface area contributed by atoms with E-state index in [9.17, 15) is 9.90 Å². The van der Waals surface area contributed by atoms with E-state index >= 15 is 0 Å². The molecule has 3 atom stereocenters. The van der Waals surface area contributed by atoms with Crippen LogP contribution in [0.4, 0.5) is 0 Å². The van der Waals surface area contributed by atoms with E-state index in [1.807, 2.05) is 41.3 Å². The van der Waals surface area contributed by atoms with E-state index in [-0.39, 0.29) is 24.6 Å². The molecule has 21 heavy (non-hydrogen) atoms. The van der Waals surface area contributed by atoms with Gasteiger partial charge >= 0.3 is 0 Å². The van der Waals surface area contributed by atoms with E-state index in [1.165, 1.54) is 0 Å². The molecular formula is C18H25NO2. The Morgan fingerprint density at radius 3 is 2.71 bits per heavy atom. The average Bonchev–Trinajstić information content (AvgIpc) is 2.52. The summed E-state index contributed by atoms with van der Waals surface area (Å²) in [6, 6.07) is 9.71. The predicted molar refractivity (Wildman–Crippen MR) is 84.7 cm³/mol. The first kappa shape index (κ1) is 15.8. The molecule has 1 aliphatic heterocycles. The number of hydrogen-bond acceptors (Lipinski definition) is 2. The van der Waals surface area contributed by atoms with Gasteiger partial charge in [0.05, 0.1) is 12.6 Å². The Morgan fingerprint density at radius 2 is 2.14 bits per heavy atom. The summed E-state index contributed by atoms with van der Waals surface area (Å²) in [7, 11) is 0. The third-order valence-corrected chi connectivity index (χ3v) is 4.54. The molecule has 1 aromatic rings. The molecule has 1 aromatic carbocycles. The van der Waals surface area contributed by atoms with Gasteiger partial charge in [-0.05, 0) is 24.3 Å². The second kappa shape index (κ2) is 7.41. The second-order valence-corrected chi connectivity index (χ2v) is 5.71. The van der Waals surface area contributed by atoms with Crippen molar-refractivity contribution in [2.45, 2.75) is 44.7 Å². The van der Waals surface area contributed by atoms with Crippen molar-refractivity contribution in [3.63, 3.8) is 0 Å². The van der Waals surface area contributed by atoms with Crippen molar-refractivity contribution >= 4 is 5.91 Å². The molecule has 1 heterocycles. The van der Waals surface area contributed by atoms with Gasteiger partial charge in [-0.25, -0.2) is 0 Å². The number of aliphatic hydroxyl groups excluding tert-OH is 1. The molecule has 0 saturated carbocycles. The molecule has 114 valence electrons. The number of aliphatic hydroxyl groups is 1. The van der Waals surface area contributed by atoms with E-state index in [2.05, 4.69) is 13.5 Å². The van der Waals surface area contributed by atoms with Crippen molar-refractivity contribution in [3.05, 3.63) is 48.6 Å². The topological polar surface area (TPSA) is 40.5 Å². The lowest BCUT2D eigenvalue weighted by Gasteiger charge is -2.44. The lowest BCUT2D eigenvalue weighted by molar-refractivity contribution is -0.143. The van der Waals surface area contributed by atoms with E-state index in [0.717, 1.165) is 24.8 Å². The van der Waals surface area contributed by atoms with Gasteiger partial charge in [-0.1, -0.05) is 49.8 Å². The molecule has 2 rings (SSSR count). The number of hydrogen-bond donors (Lipinski definition) is 1. The van der Waals surface area contributed by atoms with Crippen molar-refractivity contribution in [1.29, 1.82) is 0 Å². The molecule has 0 aliphatic carbocycles. The van der Waals surface area contributed by atoms with Crippen LogP contribution in [0.2, 0.25) is 0 Å². The van der Waals surface area contributed by atoms with Crippen LogP contribution in [-0.2, 0) is 4.79 Å². The molecule has 1 amide bonds. The maximum absolute atomic E-state index is 12.5. The molecule has 0 unspecified atom stereocenters. The third kappa shape index (κ3) is 3.35. The van der Waals surface area contributed by atoms with Crippen LogP contribution >= 0.6 is 0 Å². The molecule has 1 fully saturated rings. The predicted octanol–water partition coefficient (Wildman–Crippen LogP) is 3.31. The van der Waals surface area contributed by atoms with Gasteiger partial charge in [-0.2, -0.15) is 0 Å². The summed E-state index contributed by atoms with van der Waals surface area (Å²) in [5.41, 5.74) is 0.999. The van der Waals surface area contributed by atoms with Crippen LogP contribution in [-0.4, -0.2) is 28.6 Å². The van der Waals surface area contributed by atoms with Crippen molar-refractivity contribution < 1.29 is 9.90 Å². The minimum absolute atomic E-state index is 0.0418. The Labute approximate surface area is 127 Å². The van der Waals surface area contributed by atoms with Gasteiger partial charge < -0.3 is 10.0 Å². The number of amides is 1. The number of benzene rings is 1. The van der Waals surface area contributed by atoms with Gasteiger partial charge in [0, 0.05) is 12.5 Å². The first-order valence-electron chi connectivity index (χ1n) is 7.80. The van der Waals surface area contributed by atoms with Gasteiger partial charge in [-0.3, -0.25) is 4.79 Å². The average molecular weight is 287 g/mol. The van der Waals surface area contributed by atoms with Gasteiger partial charge in [0.2, 0.25) is 5.91 Å². The van der Waals surface area contributed by atoms with Crippen LogP contribution in [0, 0.1) is 5.92 Å². The minimum Gasteiger partial charge on any atom is -0.394 e. The minimum atomic E-state index is -0.252. The standard InChI is InChI=1S/C18H25NO2/c1-3-8-16-14(4-2)11-12-18(21)19(16)17(13-20)15-9-6-5-7-10-15/h3,5-7,9-10,14,16-17,20H,1,4,8,11-13H2,2H3/t14-,16+,17+/m0/s1. The summed E-state index contributed by atoms with van der Waals surface area (Å²) in [5, 5.41) is 9.87. The normalized spacial score (nSPS) is 23.9. The molecule has 1 N–H and O–H groups in total. The number of carbonyl (C=O) groups is 1. The summed E-state index contributed by atoms with van der Waals surface area (Å²) in [4.78, 5) is 14.4. The van der Waals surface area contributed by atoms with Gasteiger partial charge in [0.25, 0.3) is 0 Å². The molecule has 0 spiro atoms. The largest absolute Gasteiger partial charge is 0.394 e. The fourth-order valence-electron chi connectivity index (χ4n) is 3.43. The fraction of sp³-hybridized carbons (Fsp3) is 0.500. The van der Waals surface area contributed by atoms with E-state index in [0.29, 0.717) is 12.3 Å². The Bertz CT molecular complexity index is 471. The van der Waals surface area contributed by atoms with Crippen molar-refractivity contribution in [2.75, 3.05) is 6.61 Å². The van der Waals surface area contributed by atoms with Crippen molar-refractivity contribution in [1.82, 2.24) is 4.90 Å². The van der Waals surface area contributed by atoms with Crippen LogP contribution in [0.1, 0.15) is 44.2 Å². The zero-order valence-corrected chi connectivity index (χ0v) is 12.7. The SMILES string of the molecule is C=CC[C@@H]1[C@@H](CC)CCC(=O)N1[C@H](CO)c1ccccc1. The molecule has 3 heteroatoms. The third-order valence-electron chi connectivity index (χ3n) is 4.54. The van der Waals surface area contributed by atoms with E-state index in [1.54, 1.807) is 0 Å². The van der Waals surface area contributed by atoms with Crippen LogP contribution in [0.5, 0.6) is 0 Å². The summed E-state index contributed by atoms with van der Waals surface area (Å²) < 4.78 is 0. The Kier molecular flexibility index (Phi) is 5.57. The van der Waals surface area contributed by atoms with E-state index in [4.69, 9.17) is 0 Å². The monoisotopic (exact) mass is 287 g/mol. The number of rotatable bonds is 6. The smallest absolute Gasteiger partial charge is 0.223 e. The van der Waals surface area contributed by atoms with Crippen LogP contribution in [0.15, 0.2) is 43.0 Å². The maximum Gasteiger partial charge on any atom is 0.223 e. The van der Waals surface area contributed by atoms with Crippen LogP contribution < -0.4 is 0 Å². The molecule has 0 radical (unpaired) electrons. The lowest BCUT2D eigenvalue weighted by atomic mass is 9.83. The number of piperidine rings is 1. The Hall–Kier alpha value is -1.61. The molecule has 1 saturated heterocycles. The highest BCUT2D eigenvalue weighted by Crippen LogP contribution is 2.35. The molecule has 0 bridgehead atoms. The summed E-state index contributed by atoms with van der Waals surface area (Å²) in [6.07, 6.45) is 5.24. The lowest BCUT2D eigenvalue weighted by Crippen LogP contribution is -2.50. The highest BCUT2D eigenvalue weighted by atomic mass is 16.3. The second-order valence-electron chi connectivity index (χ2n) is 5.71. The van der Waals surface area contributed by atoms with Crippen LogP contribution in [0.3, 0.4) is 0 Å². The zero-order chi connectivity index (χ0) is 15.2. The number of carbonyl (C=O) groups excluding carboxylic acids is 1. The zero-order valence-electron chi connectivity index (χ0n) is 12.7. The highest BCUT2D eigenvalue weighted by Gasteiger charge is 2.38.